The average molecular weight is 280 g/mol. The molecule has 1 saturated carbocycles. The smallest absolute Gasteiger partial charge is 0.225 e. The molecule has 3 heteroatoms. The maximum atomic E-state index is 12.7. The average Bonchev–Trinajstić information content (AvgIpc) is 2.93. The van der Waals surface area contributed by atoms with Gasteiger partial charge < -0.3 is 10.2 Å². The van der Waals surface area contributed by atoms with Gasteiger partial charge in [-0.1, -0.05) is 26.2 Å². The van der Waals surface area contributed by atoms with Gasteiger partial charge in [0.2, 0.25) is 5.91 Å². The monoisotopic (exact) mass is 280 g/mol. The molecule has 20 heavy (non-hydrogen) atoms. The number of rotatable bonds is 6. The Morgan fingerprint density at radius 3 is 2.60 bits per heavy atom. The van der Waals surface area contributed by atoms with Crippen molar-refractivity contribution in [2.75, 3.05) is 20.1 Å². The maximum Gasteiger partial charge on any atom is 0.225 e. The zero-order valence-electron chi connectivity index (χ0n) is 13.4. The van der Waals surface area contributed by atoms with Gasteiger partial charge in [0.25, 0.3) is 0 Å². The molecule has 0 bridgehead atoms. The molecule has 1 aliphatic heterocycles. The second kappa shape index (κ2) is 8.02. The summed E-state index contributed by atoms with van der Waals surface area (Å²) in [4.78, 5) is 14.9. The van der Waals surface area contributed by atoms with Crippen LogP contribution in [0.2, 0.25) is 0 Å². The quantitative estimate of drug-likeness (QED) is 0.810. The number of likely N-dealkylation sites (tertiary alicyclic amines) is 1. The largest absolute Gasteiger partial charge is 0.338 e. The van der Waals surface area contributed by atoms with Crippen LogP contribution < -0.4 is 5.32 Å². The van der Waals surface area contributed by atoms with Crippen molar-refractivity contribution >= 4 is 5.91 Å². The lowest BCUT2D eigenvalue weighted by Crippen LogP contribution is -2.44. The van der Waals surface area contributed by atoms with E-state index in [-0.39, 0.29) is 0 Å². The molecule has 2 rings (SSSR count). The topological polar surface area (TPSA) is 32.3 Å². The van der Waals surface area contributed by atoms with Gasteiger partial charge in [0.1, 0.15) is 0 Å². The molecule has 3 nitrogen and oxygen atoms in total. The molecule has 1 unspecified atom stereocenters. The number of likely N-dealkylation sites (N-methyl/N-ethyl adjacent to an activating group) is 1. The Bertz CT molecular complexity index is 297. The Kier molecular flexibility index (Phi) is 6.34. The summed E-state index contributed by atoms with van der Waals surface area (Å²) in [6, 6.07) is 0.449. The molecule has 0 aromatic rings. The van der Waals surface area contributed by atoms with Crippen LogP contribution in [0.25, 0.3) is 0 Å². The standard InChI is InChI=1S/C17H32N2O/c1-3-4-6-14-8-10-15(11-9-14)17(20)19-12-5-7-16(19)13-18-2/h14-16,18H,3-13H2,1-2H3. The van der Waals surface area contributed by atoms with Crippen molar-refractivity contribution in [3.8, 4) is 0 Å². The normalized spacial score (nSPS) is 30.7. The molecule has 1 amide bonds. The fourth-order valence-corrected chi connectivity index (χ4v) is 4.00. The Morgan fingerprint density at radius 1 is 1.20 bits per heavy atom. The highest BCUT2D eigenvalue weighted by atomic mass is 16.2. The minimum atomic E-state index is 0.324. The third kappa shape index (κ3) is 3.97. The van der Waals surface area contributed by atoms with Crippen LogP contribution in [0, 0.1) is 11.8 Å². The van der Waals surface area contributed by atoms with Gasteiger partial charge in [0, 0.05) is 25.0 Å². The maximum absolute atomic E-state index is 12.7. The summed E-state index contributed by atoms with van der Waals surface area (Å²) in [6.07, 6.45) is 11.2. The fraction of sp³-hybridized carbons (Fsp3) is 0.941. The second-order valence-corrected chi connectivity index (χ2v) is 6.75. The molecule has 1 heterocycles. The van der Waals surface area contributed by atoms with Gasteiger partial charge >= 0.3 is 0 Å². The number of hydrogen-bond donors (Lipinski definition) is 1. The van der Waals surface area contributed by atoms with E-state index in [1.165, 1.54) is 44.9 Å². The van der Waals surface area contributed by atoms with Gasteiger partial charge in [-0.05, 0) is 51.5 Å². The minimum absolute atomic E-state index is 0.324. The van der Waals surface area contributed by atoms with Gasteiger partial charge in [-0.2, -0.15) is 0 Å². The lowest BCUT2D eigenvalue weighted by molar-refractivity contribution is -0.137. The Labute approximate surface area is 124 Å². The summed E-state index contributed by atoms with van der Waals surface area (Å²) in [6.45, 7) is 4.21. The second-order valence-electron chi connectivity index (χ2n) is 6.75. The summed E-state index contributed by atoms with van der Waals surface area (Å²) in [5.74, 6) is 1.67. The van der Waals surface area contributed by atoms with Crippen LogP contribution in [-0.4, -0.2) is 37.0 Å². The Balaban J connectivity index is 1.79. The first-order valence-corrected chi connectivity index (χ1v) is 8.71. The number of unbranched alkanes of at least 4 members (excludes halogenated alkanes) is 1. The van der Waals surface area contributed by atoms with Gasteiger partial charge in [-0.15, -0.1) is 0 Å². The summed E-state index contributed by atoms with van der Waals surface area (Å²) in [5, 5.41) is 3.23. The molecule has 1 aliphatic carbocycles. The van der Waals surface area contributed by atoms with E-state index in [0.717, 1.165) is 31.8 Å². The van der Waals surface area contributed by atoms with Crippen molar-refractivity contribution in [1.82, 2.24) is 10.2 Å². The zero-order valence-corrected chi connectivity index (χ0v) is 13.4. The van der Waals surface area contributed by atoms with Crippen LogP contribution in [0.5, 0.6) is 0 Å². The first kappa shape index (κ1) is 15.8. The van der Waals surface area contributed by atoms with E-state index in [0.29, 0.717) is 17.9 Å². The molecule has 116 valence electrons. The highest BCUT2D eigenvalue weighted by Gasteiger charge is 2.34. The number of carbonyl (C=O) groups is 1. The number of hydrogen-bond acceptors (Lipinski definition) is 2. The van der Waals surface area contributed by atoms with Crippen molar-refractivity contribution in [1.29, 1.82) is 0 Å². The molecular weight excluding hydrogens is 248 g/mol. The van der Waals surface area contributed by atoms with Crippen LogP contribution in [0.4, 0.5) is 0 Å². The predicted octanol–water partition coefficient (Wildman–Crippen LogP) is 3.19. The van der Waals surface area contributed by atoms with Crippen molar-refractivity contribution in [2.24, 2.45) is 11.8 Å². The van der Waals surface area contributed by atoms with Crippen molar-refractivity contribution in [3.63, 3.8) is 0 Å². The van der Waals surface area contributed by atoms with E-state index >= 15 is 0 Å². The Morgan fingerprint density at radius 2 is 1.95 bits per heavy atom. The first-order chi connectivity index (χ1) is 9.76. The molecule has 2 fully saturated rings. The molecule has 0 radical (unpaired) electrons. The van der Waals surface area contributed by atoms with Crippen molar-refractivity contribution in [3.05, 3.63) is 0 Å². The Hall–Kier alpha value is -0.570. The lowest BCUT2D eigenvalue weighted by atomic mass is 9.79. The van der Waals surface area contributed by atoms with E-state index in [9.17, 15) is 4.79 Å². The van der Waals surface area contributed by atoms with Crippen LogP contribution in [0.1, 0.15) is 64.7 Å². The highest BCUT2D eigenvalue weighted by molar-refractivity contribution is 5.79. The van der Waals surface area contributed by atoms with Crippen LogP contribution in [-0.2, 0) is 4.79 Å². The lowest BCUT2D eigenvalue weighted by Gasteiger charge is -2.33. The SMILES string of the molecule is CCCCC1CCC(C(=O)N2CCCC2CNC)CC1. The van der Waals surface area contributed by atoms with Crippen LogP contribution in [0.15, 0.2) is 0 Å². The van der Waals surface area contributed by atoms with Gasteiger partial charge in [-0.25, -0.2) is 0 Å². The van der Waals surface area contributed by atoms with Crippen molar-refractivity contribution in [2.45, 2.75) is 70.8 Å². The minimum Gasteiger partial charge on any atom is -0.338 e. The molecule has 1 saturated heterocycles. The van der Waals surface area contributed by atoms with Gasteiger partial charge in [0.05, 0.1) is 0 Å². The highest BCUT2D eigenvalue weighted by Crippen LogP contribution is 2.34. The molecule has 0 spiro atoms. The molecule has 1 atom stereocenters. The van der Waals surface area contributed by atoms with Crippen LogP contribution >= 0.6 is 0 Å². The van der Waals surface area contributed by atoms with E-state index < -0.39 is 0 Å². The molecule has 2 aliphatic rings. The molecule has 1 N–H and O–H groups in total. The number of nitrogens with one attached hydrogen (secondary N) is 1. The fourth-order valence-electron chi connectivity index (χ4n) is 4.00. The zero-order chi connectivity index (χ0) is 14.4. The number of carbonyl (C=O) groups excluding carboxylic acids is 1. The summed E-state index contributed by atoms with van der Waals surface area (Å²) < 4.78 is 0. The van der Waals surface area contributed by atoms with Crippen LogP contribution in [0.3, 0.4) is 0 Å². The molecular formula is C17H32N2O. The predicted molar refractivity (Wildman–Crippen MR) is 83.6 cm³/mol. The molecule has 0 aromatic heterocycles. The molecule has 0 aromatic carbocycles. The summed E-state index contributed by atoms with van der Waals surface area (Å²) in [7, 11) is 1.99. The number of amides is 1. The van der Waals surface area contributed by atoms with Gasteiger partial charge in [0.15, 0.2) is 0 Å². The van der Waals surface area contributed by atoms with E-state index in [2.05, 4.69) is 17.1 Å². The van der Waals surface area contributed by atoms with E-state index in [1.54, 1.807) is 0 Å². The first-order valence-electron chi connectivity index (χ1n) is 8.71. The summed E-state index contributed by atoms with van der Waals surface area (Å²) >= 11 is 0. The third-order valence-corrected chi connectivity index (χ3v) is 5.26. The number of nitrogens with zero attached hydrogens (tertiary/aromatic N) is 1. The van der Waals surface area contributed by atoms with Gasteiger partial charge in [-0.3, -0.25) is 4.79 Å². The third-order valence-electron chi connectivity index (χ3n) is 5.26. The van der Waals surface area contributed by atoms with E-state index in [4.69, 9.17) is 0 Å². The van der Waals surface area contributed by atoms with E-state index in [1.807, 2.05) is 7.05 Å². The summed E-state index contributed by atoms with van der Waals surface area (Å²) in [5.41, 5.74) is 0. The van der Waals surface area contributed by atoms with Crippen molar-refractivity contribution < 1.29 is 4.79 Å².